The van der Waals surface area contributed by atoms with Crippen LogP contribution in [0.3, 0.4) is 0 Å². The molecule has 0 heterocycles. The minimum absolute atomic E-state index is 0.241. The van der Waals surface area contributed by atoms with Crippen molar-refractivity contribution in [2.75, 3.05) is 0 Å². The van der Waals surface area contributed by atoms with E-state index in [1.807, 2.05) is 0 Å². The third-order valence-electron chi connectivity index (χ3n) is 1.42. The first kappa shape index (κ1) is 13.6. The molecular formula is C7H2Cl4FNO3. The fraction of sp³-hybridized carbons (Fsp3) is 0.143. The molecule has 0 spiro atoms. The maximum absolute atomic E-state index is 13.0. The Balaban J connectivity index is 3.20. The molecule has 0 aliphatic rings. The summed E-state index contributed by atoms with van der Waals surface area (Å²) >= 11 is 21.4. The minimum Gasteiger partial charge on any atom is -0.444 e. The predicted molar refractivity (Wildman–Crippen MR) is 59.0 cm³/mol. The van der Waals surface area contributed by atoms with Crippen molar-refractivity contribution in [3.05, 3.63) is 33.1 Å². The Hall–Kier alpha value is -0.490. The van der Waals surface area contributed by atoms with Gasteiger partial charge >= 0.3 is 9.67 Å². The molecule has 0 aliphatic heterocycles. The first-order valence-corrected chi connectivity index (χ1v) is 5.11. The van der Waals surface area contributed by atoms with Gasteiger partial charge in [-0.25, -0.2) is 0 Å². The summed E-state index contributed by atoms with van der Waals surface area (Å²) in [4.78, 5) is 9.47. The molecule has 0 saturated heterocycles. The quantitative estimate of drug-likeness (QED) is 0.469. The standard InChI is InChI=1S/C7H2Cl4FNO3/c8-3-1-4(12)5(13(14)15)2-6(3)16-7(9,10)11/h1-2H. The van der Waals surface area contributed by atoms with E-state index in [1.165, 1.54) is 0 Å². The molecule has 0 aliphatic carbocycles. The number of ether oxygens (including phenoxy) is 1. The van der Waals surface area contributed by atoms with Crippen LogP contribution in [0.15, 0.2) is 12.1 Å². The molecule has 88 valence electrons. The SMILES string of the molecule is O=[N+]([O-])c1cc(OC(Cl)(Cl)Cl)c(Cl)cc1F. The van der Waals surface area contributed by atoms with Gasteiger partial charge in [0.2, 0.25) is 5.82 Å². The van der Waals surface area contributed by atoms with E-state index < -0.39 is 20.4 Å². The van der Waals surface area contributed by atoms with Crippen LogP contribution in [0, 0.1) is 15.9 Å². The Bertz CT molecular complexity index is 434. The molecule has 9 heteroatoms. The number of alkyl halides is 3. The van der Waals surface area contributed by atoms with Crippen molar-refractivity contribution in [2.24, 2.45) is 0 Å². The third-order valence-corrected chi connectivity index (χ3v) is 1.95. The van der Waals surface area contributed by atoms with Crippen LogP contribution in [-0.4, -0.2) is 8.90 Å². The molecule has 0 atom stereocenters. The number of rotatable bonds is 2. The van der Waals surface area contributed by atoms with Gasteiger partial charge < -0.3 is 4.74 Å². The van der Waals surface area contributed by atoms with Crippen molar-refractivity contribution in [1.82, 2.24) is 0 Å². The molecular weight excluding hydrogens is 307 g/mol. The maximum atomic E-state index is 13.0. The van der Waals surface area contributed by atoms with E-state index in [-0.39, 0.29) is 10.8 Å². The number of hydrogen-bond acceptors (Lipinski definition) is 3. The summed E-state index contributed by atoms with van der Waals surface area (Å²) in [6, 6.07) is 1.44. The number of benzene rings is 1. The Labute approximate surface area is 109 Å². The number of nitro groups is 1. The molecule has 1 rings (SSSR count). The molecule has 0 amide bonds. The first-order valence-electron chi connectivity index (χ1n) is 3.60. The number of nitrogens with zero attached hydrogens (tertiary/aromatic N) is 1. The highest BCUT2D eigenvalue weighted by Gasteiger charge is 2.26. The van der Waals surface area contributed by atoms with Crippen molar-refractivity contribution in [2.45, 2.75) is 3.98 Å². The summed E-state index contributed by atoms with van der Waals surface area (Å²) < 4.78 is 15.6. The largest absolute Gasteiger partial charge is 0.444 e. The zero-order valence-electron chi connectivity index (χ0n) is 7.22. The normalized spacial score (nSPS) is 11.3. The Kier molecular flexibility index (Phi) is 4.07. The van der Waals surface area contributed by atoms with Gasteiger partial charge in [0, 0.05) is 6.07 Å². The van der Waals surface area contributed by atoms with Crippen molar-refractivity contribution < 1.29 is 14.1 Å². The van der Waals surface area contributed by atoms with E-state index in [2.05, 4.69) is 4.74 Å². The van der Waals surface area contributed by atoms with Crippen molar-refractivity contribution in [3.8, 4) is 5.75 Å². The summed E-state index contributed by atoms with van der Waals surface area (Å²) in [6.07, 6.45) is 0. The zero-order valence-corrected chi connectivity index (χ0v) is 10.2. The lowest BCUT2D eigenvalue weighted by Gasteiger charge is -2.14. The first-order chi connectivity index (χ1) is 7.20. The monoisotopic (exact) mass is 307 g/mol. The molecule has 4 nitrogen and oxygen atoms in total. The minimum atomic E-state index is -2.14. The summed E-state index contributed by atoms with van der Waals surface area (Å²) in [7, 11) is 0. The molecule has 0 radical (unpaired) electrons. The van der Waals surface area contributed by atoms with Crippen molar-refractivity contribution in [1.29, 1.82) is 0 Å². The van der Waals surface area contributed by atoms with E-state index in [4.69, 9.17) is 46.4 Å². The van der Waals surface area contributed by atoms with Crippen LogP contribution in [0.25, 0.3) is 0 Å². The van der Waals surface area contributed by atoms with Crippen LogP contribution >= 0.6 is 46.4 Å². The average Bonchev–Trinajstić information content (AvgIpc) is 2.07. The van der Waals surface area contributed by atoms with Crippen LogP contribution in [0.2, 0.25) is 5.02 Å². The van der Waals surface area contributed by atoms with E-state index in [0.29, 0.717) is 6.07 Å². The highest BCUT2D eigenvalue weighted by molar-refractivity contribution is 6.66. The fourth-order valence-corrected chi connectivity index (χ4v) is 1.30. The van der Waals surface area contributed by atoms with E-state index in [1.54, 1.807) is 0 Å². The van der Waals surface area contributed by atoms with Gasteiger partial charge in [0.1, 0.15) is 5.75 Å². The van der Waals surface area contributed by atoms with Gasteiger partial charge in [-0.3, -0.25) is 10.1 Å². The van der Waals surface area contributed by atoms with Crippen LogP contribution in [0.5, 0.6) is 5.75 Å². The van der Waals surface area contributed by atoms with Gasteiger partial charge in [-0.1, -0.05) is 11.6 Å². The molecule has 0 bridgehead atoms. The Morgan fingerprint density at radius 2 is 1.94 bits per heavy atom. The molecule has 0 aromatic heterocycles. The molecule has 0 unspecified atom stereocenters. The number of hydrogen-bond donors (Lipinski definition) is 0. The van der Waals surface area contributed by atoms with Crippen LogP contribution in [0.4, 0.5) is 10.1 Å². The second-order valence-electron chi connectivity index (χ2n) is 2.54. The predicted octanol–water partition coefficient (Wildman–Crippen LogP) is 4.09. The topological polar surface area (TPSA) is 52.4 Å². The Morgan fingerprint density at radius 1 is 1.38 bits per heavy atom. The summed E-state index contributed by atoms with van der Waals surface area (Å²) in [5.41, 5.74) is -0.825. The fourth-order valence-electron chi connectivity index (χ4n) is 0.861. The van der Waals surface area contributed by atoms with Gasteiger partial charge in [-0.15, -0.1) is 0 Å². The molecule has 16 heavy (non-hydrogen) atoms. The van der Waals surface area contributed by atoms with E-state index in [9.17, 15) is 14.5 Å². The highest BCUT2D eigenvalue weighted by Crippen LogP contribution is 2.37. The lowest BCUT2D eigenvalue weighted by Crippen LogP contribution is -2.13. The van der Waals surface area contributed by atoms with Gasteiger partial charge in [0.15, 0.2) is 0 Å². The van der Waals surface area contributed by atoms with Gasteiger partial charge in [-0.2, -0.15) is 4.39 Å². The van der Waals surface area contributed by atoms with Crippen LogP contribution < -0.4 is 4.74 Å². The molecule has 1 aromatic carbocycles. The van der Waals surface area contributed by atoms with Crippen molar-refractivity contribution in [3.63, 3.8) is 0 Å². The van der Waals surface area contributed by atoms with Crippen molar-refractivity contribution >= 4 is 52.1 Å². The maximum Gasteiger partial charge on any atom is 0.338 e. The van der Waals surface area contributed by atoms with Gasteiger partial charge in [0.05, 0.1) is 16.0 Å². The smallest absolute Gasteiger partial charge is 0.338 e. The van der Waals surface area contributed by atoms with E-state index >= 15 is 0 Å². The number of nitro benzene ring substituents is 1. The van der Waals surface area contributed by atoms with Crippen LogP contribution in [-0.2, 0) is 0 Å². The summed E-state index contributed by atoms with van der Waals surface area (Å²) in [5.74, 6) is -1.40. The van der Waals surface area contributed by atoms with Gasteiger partial charge in [0.25, 0.3) is 0 Å². The second-order valence-corrected chi connectivity index (χ2v) is 5.12. The molecule has 0 fully saturated rings. The highest BCUT2D eigenvalue weighted by atomic mass is 35.6. The molecule has 1 aromatic rings. The third kappa shape index (κ3) is 3.52. The lowest BCUT2D eigenvalue weighted by atomic mass is 10.3. The average molecular weight is 309 g/mol. The second kappa shape index (κ2) is 4.79. The van der Waals surface area contributed by atoms with Gasteiger partial charge in [-0.05, 0) is 34.8 Å². The molecule has 0 N–H and O–H groups in total. The van der Waals surface area contributed by atoms with E-state index in [0.717, 1.165) is 6.07 Å². The Morgan fingerprint density at radius 3 is 2.38 bits per heavy atom. The zero-order chi connectivity index (χ0) is 12.5. The summed E-state index contributed by atoms with van der Waals surface area (Å²) in [6.45, 7) is 0. The lowest BCUT2D eigenvalue weighted by molar-refractivity contribution is -0.387. The summed E-state index contributed by atoms with van der Waals surface area (Å²) in [5, 5.41) is 10.2. The van der Waals surface area contributed by atoms with Crippen LogP contribution in [0.1, 0.15) is 0 Å². The molecule has 0 saturated carbocycles. The number of halogens is 5.